The Morgan fingerprint density at radius 1 is 1.09 bits per heavy atom. The molecule has 2 aromatic rings. The van der Waals surface area contributed by atoms with E-state index in [2.05, 4.69) is 5.32 Å². The van der Waals surface area contributed by atoms with E-state index >= 15 is 0 Å². The highest BCUT2D eigenvalue weighted by Gasteiger charge is 2.14. The van der Waals surface area contributed by atoms with Crippen molar-refractivity contribution in [2.45, 2.75) is 13.8 Å². The predicted molar refractivity (Wildman–Crippen MR) is 91.3 cm³/mol. The Hall–Kier alpha value is -2.04. The van der Waals surface area contributed by atoms with Crippen molar-refractivity contribution >= 4 is 40.8 Å². The molecular formula is C17H15Cl2NO3. The molecule has 1 N–H and O–H groups in total. The minimum absolute atomic E-state index is 0.351. The normalized spacial score (nSPS) is 10.3. The number of hydrogen-bond donors (Lipinski definition) is 1. The third-order valence-electron chi connectivity index (χ3n) is 3.15. The zero-order valence-corrected chi connectivity index (χ0v) is 14.2. The van der Waals surface area contributed by atoms with E-state index in [1.54, 1.807) is 18.2 Å². The summed E-state index contributed by atoms with van der Waals surface area (Å²) in [7, 11) is 0. The van der Waals surface area contributed by atoms with E-state index in [0.29, 0.717) is 21.3 Å². The molecule has 0 atom stereocenters. The molecule has 0 radical (unpaired) electrons. The van der Waals surface area contributed by atoms with Gasteiger partial charge in [-0.25, -0.2) is 4.79 Å². The van der Waals surface area contributed by atoms with Gasteiger partial charge in [-0.05, 0) is 43.7 Å². The van der Waals surface area contributed by atoms with Gasteiger partial charge in [0.2, 0.25) is 0 Å². The number of carbonyl (C=O) groups excluding carboxylic acids is 2. The minimum Gasteiger partial charge on any atom is -0.452 e. The molecule has 0 aliphatic heterocycles. The lowest BCUT2D eigenvalue weighted by molar-refractivity contribution is -0.119. The number of ether oxygens (including phenoxy) is 1. The van der Waals surface area contributed by atoms with E-state index in [-0.39, 0.29) is 0 Å². The SMILES string of the molecule is Cc1ccc(C)c(C(=O)OCC(=O)Nc2cc(Cl)ccc2Cl)c1. The van der Waals surface area contributed by atoms with Crippen molar-refractivity contribution in [2.75, 3.05) is 11.9 Å². The molecule has 0 fully saturated rings. The number of halogens is 2. The highest BCUT2D eigenvalue weighted by Crippen LogP contribution is 2.25. The van der Waals surface area contributed by atoms with Gasteiger partial charge >= 0.3 is 5.97 Å². The van der Waals surface area contributed by atoms with Gasteiger partial charge in [0.15, 0.2) is 6.61 Å². The molecule has 2 aromatic carbocycles. The molecule has 0 heterocycles. The van der Waals surface area contributed by atoms with Crippen LogP contribution in [0.5, 0.6) is 0 Å². The fourth-order valence-corrected chi connectivity index (χ4v) is 2.28. The van der Waals surface area contributed by atoms with Crippen LogP contribution in [0.25, 0.3) is 0 Å². The highest BCUT2D eigenvalue weighted by molar-refractivity contribution is 6.35. The molecule has 2 rings (SSSR count). The van der Waals surface area contributed by atoms with Gasteiger partial charge in [-0.3, -0.25) is 4.79 Å². The molecular weight excluding hydrogens is 337 g/mol. The van der Waals surface area contributed by atoms with Gasteiger partial charge in [-0.15, -0.1) is 0 Å². The fourth-order valence-electron chi connectivity index (χ4n) is 1.94. The summed E-state index contributed by atoms with van der Waals surface area (Å²) in [5, 5.41) is 3.34. The number of carbonyl (C=O) groups is 2. The first kappa shape index (κ1) is 17.3. The standard InChI is InChI=1S/C17H15Cl2NO3/c1-10-3-4-11(2)13(7-10)17(22)23-9-16(21)20-15-8-12(18)5-6-14(15)19/h3-8H,9H2,1-2H3,(H,20,21). The van der Waals surface area contributed by atoms with Crippen LogP contribution in [-0.4, -0.2) is 18.5 Å². The number of hydrogen-bond acceptors (Lipinski definition) is 3. The molecule has 4 nitrogen and oxygen atoms in total. The van der Waals surface area contributed by atoms with Crippen LogP contribution in [0, 0.1) is 13.8 Å². The molecule has 6 heteroatoms. The summed E-state index contributed by atoms with van der Waals surface area (Å²) >= 11 is 11.8. The summed E-state index contributed by atoms with van der Waals surface area (Å²) in [5.74, 6) is -1.04. The second-order valence-electron chi connectivity index (χ2n) is 5.07. The van der Waals surface area contributed by atoms with Gasteiger partial charge in [0.05, 0.1) is 16.3 Å². The van der Waals surface area contributed by atoms with E-state index in [1.165, 1.54) is 6.07 Å². The summed E-state index contributed by atoms with van der Waals surface area (Å²) in [5.41, 5.74) is 2.54. The number of rotatable bonds is 4. The van der Waals surface area contributed by atoms with Crippen LogP contribution < -0.4 is 5.32 Å². The number of benzene rings is 2. The van der Waals surface area contributed by atoms with Gasteiger partial charge < -0.3 is 10.1 Å². The van der Waals surface area contributed by atoms with Crippen LogP contribution >= 0.6 is 23.2 Å². The van der Waals surface area contributed by atoms with Crippen molar-refractivity contribution in [1.82, 2.24) is 0 Å². The Labute approximate surface area is 144 Å². The second kappa shape index (κ2) is 7.49. The first-order valence-corrected chi connectivity index (χ1v) is 7.61. The smallest absolute Gasteiger partial charge is 0.338 e. The van der Waals surface area contributed by atoms with Crippen molar-refractivity contribution in [3.05, 3.63) is 63.1 Å². The average Bonchev–Trinajstić information content (AvgIpc) is 2.51. The lowest BCUT2D eigenvalue weighted by Gasteiger charge is -2.10. The van der Waals surface area contributed by atoms with E-state index in [1.807, 2.05) is 26.0 Å². The van der Waals surface area contributed by atoms with E-state index in [0.717, 1.165) is 11.1 Å². The quantitative estimate of drug-likeness (QED) is 0.830. The molecule has 1 amide bonds. The maximum atomic E-state index is 12.0. The average molecular weight is 352 g/mol. The maximum absolute atomic E-state index is 12.0. The molecule has 0 aliphatic carbocycles. The zero-order chi connectivity index (χ0) is 17.0. The largest absolute Gasteiger partial charge is 0.452 e. The lowest BCUT2D eigenvalue weighted by Crippen LogP contribution is -2.21. The van der Waals surface area contributed by atoms with E-state index < -0.39 is 18.5 Å². The molecule has 120 valence electrons. The predicted octanol–water partition coefficient (Wildman–Crippen LogP) is 4.41. The summed E-state index contributed by atoms with van der Waals surface area (Å²) in [6.45, 7) is 3.28. The Balaban J connectivity index is 1.97. The number of nitrogens with one attached hydrogen (secondary N) is 1. The summed E-state index contributed by atoms with van der Waals surface area (Å²) in [6.07, 6.45) is 0. The fraction of sp³-hybridized carbons (Fsp3) is 0.176. The molecule has 0 unspecified atom stereocenters. The Morgan fingerprint density at radius 2 is 1.83 bits per heavy atom. The van der Waals surface area contributed by atoms with Gasteiger partial charge in [0.1, 0.15) is 0 Å². The number of amides is 1. The molecule has 0 saturated heterocycles. The lowest BCUT2D eigenvalue weighted by atomic mass is 10.1. The maximum Gasteiger partial charge on any atom is 0.338 e. The van der Waals surface area contributed by atoms with Crippen molar-refractivity contribution < 1.29 is 14.3 Å². The molecule has 0 spiro atoms. The van der Waals surface area contributed by atoms with Crippen LogP contribution in [0.4, 0.5) is 5.69 Å². The molecule has 0 aliphatic rings. The van der Waals surface area contributed by atoms with E-state index in [4.69, 9.17) is 27.9 Å². The van der Waals surface area contributed by atoms with Crippen LogP contribution in [0.3, 0.4) is 0 Å². The molecule has 0 aromatic heterocycles. The first-order valence-electron chi connectivity index (χ1n) is 6.86. The van der Waals surface area contributed by atoms with Gasteiger partial charge in [-0.1, -0.05) is 40.9 Å². The Morgan fingerprint density at radius 3 is 2.57 bits per heavy atom. The zero-order valence-electron chi connectivity index (χ0n) is 12.7. The van der Waals surface area contributed by atoms with E-state index in [9.17, 15) is 9.59 Å². The Bertz CT molecular complexity index is 759. The van der Waals surface area contributed by atoms with Crippen LogP contribution in [-0.2, 0) is 9.53 Å². The van der Waals surface area contributed by atoms with Gasteiger partial charge in [-0.2, -0.15) is 0 Å². The van der Waals surface area contributed by atoms with Crippen molar-refractivity contribution in [2.24, 2.45) is 0 Å². The second-order valence-corrected chi connectivity index (χ2v) is 5.91. The number of anilines is 1. The van der Waals surface area contributed by atoms with Crippen molar-refractivity contribution in [3.8, 4) is 0 Å². The summed E-state index contributed by atoms with van der Waals surface area (Å²) in [4.78, 5) is 23.9. The highest BCUT2D eigenvalue weighted by atomic mass is 35.5. The monoisotopic (exact) mass is 351 g/mol. The molecule has 0 saturated carbocycles. The van der Waals surface area contributed by atoms with Crippen LogP contribution in [0.15, 0.2) is 36.4 Å². The van der Waals surface area contributed by atoms with Crippen molar-refractivity contribution in [3.63, 3.8) is 0 Å². The van der Waals surface area contributed by atoms with Gasteiger partial charge in [0.25, 0.3) is 5.91 Å². The molecule has 23 heavy (non-hydrogen) atoms. The third-order valence-corrected chi connectivity index (χ3v) is 3.71. The number of aryl methyl sites for hydroxylation is 2. The van der Waals surface area contributed by atoms with Gasteiger partial charge in [0, 0.05) is 5.02 Å². The minimum atomic E-state index is -0.543. The topological polar surface area (TPSA) is 55.4 Å². The summed E-state index contributed by atoms with van der Waals surface area (Å²) < 4.78 is 5.04. The van der Waals surface area contributed by atoms with Crippen molar-refractivity contribution in [1.29, 1.82) is 0 Å². The third kappa shape index (κ3) is 4.71. The van der Waals surface area contributed by atoms with Crippen LogP contribution in [0.2, 0.25) is 10.0 Å². The Kier molecular flexibility index (Phi) is 5.64. The first-order chi connectivity index (χ1) is 10.9. The molecule has 0 bridgehead atoms. The summed E-state index contributed by atoms with van der Waals surface area (Å²) in [6, 6.07) is 10.2. The van der Waals surface area contributed by atoms with Crippen LogP contribution in [0.1, 0.15) is 21.5 Å². The number of esters is 1.